The van der Waals surface area contributed by atoms with Gasteiger partial charge >= 0.3 is 24.5 Å². The highest BCUT2D eigenvalue weighted by Crippen LogP contribution is 2.50. The number of hydrogen-bond donors (Lipinski definition) is 1. The van der Waals surface area contributed by atoms with Crippen LogP contribution in [0.3, 0.4) is 0 Å². The molecular formula is C19H19F3NO5PS. The fraction of sp³-hybridized carbons (Fsp3) is 0.263. The van der Waals surface area contributed by atoms with Crippen LogP contribution in [0, 0.1) is 0 Å². The number of carbonyl (C=O) groups excluding carboxylic acids is 1. The molecule has 0 saturated heterocycles. The van der Waals surface area contributed by atoms with Gasteiger partial charge < -0.3 is 19.1 Å². The van der Waals surface area contributed by atoms with Gasteiger partial charge in [0.1, 0.15) is 23.8 Å². The third kappa shape index (κ3) is 6.47. The molecule has 1 unspecified atom stereocenters. The first-order chi connectivity index (χ1) is 14.1. The fourth-order valence-corrected chi connectivity index (χ4v) is 5.17. The minimum absolute atomic E-state index is 0.176. The lowest BCUT2D eigenvalue weighted by molar-refractivity contribution is -0.188. The first kappa shape index (κ1) is 23.7. The molecule has 2 aromatic carbocycles. The summed E-state index contributed by atoms with van der Waals surface area (Å²) in [5.74, 6) is -3.46. The highest BCUT2D eigenvalue weighted by Gasteiger charge is 2.48. The van der Waals surface area contributed by atoms with Crippen LogP contribution in [-0.4, -0.2) is 40.4 Å². The number of nitrogens with zero attached hydrogens (tertiary/aromatic N) is 1. The van der Waals surface area contributed by atoms with Crippen LogP contribution in [-0.2, 0) is 21.4 Å². The van der Waals surface area contributed by atoms with E-state index in [0.29, 0.717) is 0 Å². The van der Waals surface area contributed by atoms with E-state index in [1.165, 1.54) is 31.2 Å². The van der Waals surface area contributed by atoms with Crippen LogP contribution in [0.15, 0.2) is 60.7 Å². The van der Waals surface area contributed by atoms with Crippen LogP contribution >= 0.6 is 6.49 Å². The van der Waals surface area contributed by atoms with E-state index in [4.69, 9.17) is 20.9 Å². The number of alkyl halides is 3. The summed E-state index contributed by atoms with van der Waals surface area (Å²) in [7, 11) is 0. The summed E-state index contributed by atoms with van der Waals surface area (Å²) < 4.78 is 51.0. The molecular weight excluding hydrogens is 442 g/mol. The van der Waals surface area contributed by atoms with Crippen molar-refractivity contribution in [3.63, 3.8) is 0 Å². The second kappa shape index (κ2) is 9.95. The molecule has 1 atom stereocenters. The number of benzene rings is 2. The lowest BCUT2D eigenvalue weighted by atomic mass is 10.2. The molecule has 162 valence electrons. The minimum atomic E-state index is -5.29. The monoisotopic (exact) mass is 461 g/mol. The number of para-hydroxylation sites is 2. The number of carboxylic acid groups (broad SMARTS) is 1. The Bertz CT molecular complexity index is 866. The van der Waals surface area contributed by atoms with Gasteiger partial charge in [-0.2, -0.15) is 13.2 Å². The Balaban J connectivity index is 2.46. The Morgan fingerprint density at radius 3 is 1.80 bits per heavy atom. The third-order valence-electron chi connectivity index (χ3n) is 3.85. The van der Waals surface area contributed by atoms with Crippen LogP contribution in [0.5, 0.6) is 11.5 Å². The van der Waals surface area contributed by atoms with Gasteiger partial charge in [0.25, 0.3) is 0 Å². The molecule has 0 heterocycles. The highest BCUT2D eigenvalue weighted by molar-refractivity contribution is 8.10. The molecule has 2 aromatic rings. The van der Waals surface area contributed by atoms with Gasteiger partial charge in [-0.1, -0.05) is 43.3 Å². The first-order valence-electron chi connectivity index (χ1n) is 8.74. The smallest absolute Gasteiger partial charge is 0.471 e. The maximum atomic E-state index is 13.2. The standard InChI is InChI=1S/C19H19F3NO5PS/c1-2-16(17(24)25)23(18(26)19(20,21)22)13-29(30,27-14-9-5-3-6-10-14)28-15-11-7-4-8-12-15/h3-12,16H,2,13H2,1H3,(H,24,25). The summed E-state index contributed by atoms with van der Waals surface area (Å²) in [6.07, 6.45) is -6.40. The van der Waals surface area contributed by atoms with E-state index in [0.717, 1.165) is 0 Å². The van der Waals surface area contributed by atoms with E-state index in [9.17, 15) is 27.9 Å². The normalized spacial score (nSPS) is 12.7. The number of hydrogen-bond acceptors (Lipinski definition) is 5. The van der Waals surface area contributed by atoms with Crippen LogP contribution in [0.2, 0.25) is 0 Å². The Morgan fingerprint density at radius 1 is 1.03 bits per heavy atom. The molecule has 6 nitrogen and oxygen atoms in total. The summed E-state index contributed by atoms with van der Waals surface area (Å²) >= 11 is 5.45. The summed E-state index contributed by atoms with van der Waals surface area (Å²) in [5, 5.41) is 9.37. The molecule has 30 heavy (non-hydrogen) atoms. The molecule has 0 saturated carbocycles. The molecule has 0 spiro atoms. The number of carbonyl (C=O) groups is 2. The molecule has 11 heteroatoms. The van der Waals surface area contributed by atoms with Crippen molar-refractivity contribution in [1.82, 2.24) is 4.90 Å². The Labute approximate surface area is 176 Å². The van der Waals surface area contributed by atoms with Gasteiger partial charge in [-0.25, -0.2) is 4.79 Å². The van der Waals surface area contributed by atoms with Crippen LogP contribution in [0.1, 0.15) is 13.3 Å². The number of rotatable bonds is 9. The van der Waals surface area contributed by atoms with Gasteiger partial charge in [0.05, 0.1) is 0 Å². The molecule has 0 aliphatic carbocycles. The minimum Gasteiger partial charge on any atom is -0.480 e. The highest BCUT2D eigenvalue weighted by atomic mass is 32.5. The van der Waals surface area contributed by atoms with Crippen molar-refractivity contribution in [2.75, 3.05) is 6.29 Å². The Hall–Kier alpha value is -2.58. The third-order valence-corrected chi connectivity index (χ3v) is 6.28. The number of carboxylic acids is 1. The van der Waals surface area contributed by atoms with Crippen molar-refractivity contribution >= 4 is 30.2 Å². The molecule has 1 N–H and O–H groups in total. The zero-order valence-corrected chi connectivity index (χ0v) is 17.5. The molecule has 0 bridgehead atoms. The number of amides is 1. The topological polar surface area (TPSA) is 76.1 Å². The zero-order chi connectivity index (χ0) is 22.4. The predicted molar refractivity (Wildman–Crippen MR) is 108 cm³/mol. The van der Waals surface area contributed by atoms with Crippen molar-refractivity contribution in [3.8, 4) is 11.5 Å². The van der Waals surface area contributed by atoms with Gasteiger partial charge in [0.2, 0.25) is 0 Å². The summed E-state index contributed by atoms with van der Waals surface area (Å²) in [6, 6.07) is 14.3. The summed E-state index contributed by atoms with van der Waals surface area (Å²) in [5.41, 5.74) is 0. The van der Waals surface area contributed by atoms with Gasteiger partial charge in [-0.3, -0.25) is 4.79 Å². The lowest BCUT2D eigenvalue weighted by Gasteiger charge is -2.33. The SMILES string of the molecule is CCC(C(=O)O)N(CP(=S)(Oc1ccccc1)Oc1ccccc1)C(=O)C(F)(F)F. The van der Waals surface area contributed by atoms with Crippen LogP contribution in [0.4, 0.5) is 13.2 Å². The largest absolute Gasteiger partial charge is 0.480 e. The maximum absolute atomic E-state index is 13.2. The average molecular weight is 461 g/mol. The van der Waals surface area contributed by atoms with Crippen LogP contribution in [0.25, 0.3) is 0 Å². The van der Waals surface area contributed by atoms with E-state index in [1.54, 1.807) is 36.4 Å². The zero-order valence-electron chi connectivity index (χ0n) is 15.8. The van der Waals surface area contributed by atoms with Crippen molar-refractivity contribution in [1.29, 1.82) is 0 Å². The van der Waals surface area contributed by atoms with E-state index in [-0.39, 0.29) is 22.8 Å². The number of halogens is 3. The maximum Gasteiger partial charge on any atom is 0.471 e. The van der Waals surface area contributed by atoms with Gasteiger partial charge in [0, 0.05) is 0 Å². The van der Waals surface area contributed by atoms with Crippen molar-refractivity contribution in [2.24, 2.45) is 0 Å². The van der Waals surface area contributed by atoms with Gasteiger partial charge in [-0.05, 0) is 42.5 Å². The molecule has 0 radical (unpaired) electrons. The molecule has 0 fully saturated rings. The first-order valence-corrected chi connectivity index (χ1v) is 11.6. The fourth-order valence-electron chi connectivity index (χ4n) is 2.54. The molecule has 2 rings (SSSR count). The van der Waals surface area contributed by atoms with E-state index < -0.39 is 36.9 Å². The van der Waals surface area contributed by atoms with E-state index >= 15 is 0 Å². The number of aliphatic carboxylic acids is 1. The summed E-state index contributed by atoms with van der Waals surface area (Å²) in [4.78, 5) is 23.8. The molecule has 0 aromatic heterocycles. The lowest BCUT2D eigenvalue weighted by Crippen LogP contribution is -2.50. The molecule has 0 aliphatic heterocycles. The van der Waals surface area contributed by atoms with Gasteiger partial charge in [0.15, 0.2) is 0 Å². The second-order valence-electron chi connectivity index (χ2n) is 6.10. The van der Waals surface area contributed by atoms with Crippen LogP contribution < -0.4 is 9.05 Å². The van der Waals surface area contributed by atoms with E-state index in [2.05, 4.69) is 0 Å². The van der Waals surface area contributed by atoms with Crippen molar-refractivity contribution < 1.29 is 36.9 Å². The Morgan fingerprint density at radius 2 is 1.47 bits per heavy atom. The van der Waals surface area contributed by atoms with Crippen molar-refractivity contribution in [2.45, 2.75) is 25.6 Å². The predicted octanol–water partition coefficient (Wildman–Crippen LogP) is 4.67. The Kier molecular flexibility index (Phi) is 7.86. The van der Waals surface area contributed by atoms with E-state index in [1.807, 2.05) is 0 Å². The molecule has 0 aliphatic rings. The second-order valence-corrected chi connectivity index (χ2v) is 9.63. The average Bonchev–Trinajstić information content (AvgIpc) is 2.67. The molecule has 1 amide bonds. The van der Waals surface area contributed by atoms with Crippen molar-refractivity contribution in [3.05, 3.63) is 60.7 Å². The van der Waals surface area contributed by atoms with Gasteiger partial charge in [-0.15, -0.1) is 0 Å². The summed E-state index contributed by atoms with van der Waals surface area (Å²) in [6.45, 7) is -2.32. The quantitative estimate of drug-likeness (QED) is 0.548.